The van der Waals surface area contributed by atoms with Crippen LogP contribution in [0.3, 0.4) is 0 Å². The molecule has 2 aromatic rings. The fraction of sp³-hybridized carbons (Fsp3) is 0.455. The van der Waals surface area contributed by atoms with E-state index in [-0.39, 0.29) is 0 Å². The summed E-state index contributed by atoms with van der Waals surface area (Å²) in [6.45, 7) is 5.08. The highest BCUT2D eigenvalue weighted by atomic mass is 15.4. The van der Waals surface area contributed by atoms with Gasteiger partial charge in [-0.15, -0.1) is 5.10 Å². The van der Waals surface area contributed by atoms with Crippen LogP contribution in [0.15, 0.2) is 18.2 Å². The molecule has 80 valence electrons. The lowest BCUT2D eigenvalue weighted by Gasteiger charge is -2.09. The molecule has 0 aliphatic carbocycles. The zero-order chi connectivity index (χ0) is 10.8. The second-order valence-corrected chi connectivity index (χ2v) is 3.94. The zero-order valence-electron chi connectivity index (χ0n) is 9.36. The van der Waals surface area contributed by atoms with Crippen molar-refractivity contribution < 1.29 is 0 Å². The molecule has 0 aliphatic heterocycles. The third kappa shape index (κ3) is 1.72. The average molecular weight is 204 g/mol. The number of hydrogen-bond donors (Lipinski definition) is 1. The first-order valence-electron chi connectivity index (χ1n) is 5.21. The van der Waals surface area contributed by atoms with Crippen molar-refractivity contribution in [3.63, 3.8) is 0 Å². The molecule has 0 unspecified atom stereocenters. The monoisotopic (exact) mass is 204 g/mol. The Labute approximate surface area is 89.3 Å². The minimum absolute atomic E-state index is 0.341. The van der Waals surface area contributed by atoms with E-state index in [1.807, 2.05) is 23.9 Å². The molecule has 1 N–H and O–H groups in total. The third-order valence-electron chi connectivity index (χ3n) is 2.43. The fourth-order valence-electron chi connectivity index (χ4n) is 1.76. The highest BCUT2D eigenvalue weighted by Crippen LogP contribution is 2.19. The Morgan fingerprint density at radius 2 is 2.20 bits per heavy atom. The molecule has 1 heterocycles. The van der Waals surface area contributed by atoms with Crippen LogP contribution in [-0.2, 0) is 6.54 Å². The molecule has 0 amide bonds. The van der Waals surface area contributed by atoms with Crippen molar-refractivity contribution in [1.29, 1.82) is 0 Å². The highest BCUT2D eigenvalue weighted by Gasteiger charge is 2.10. The number of rotatable bonds is 3. The lowest BCUT2D eigenvalue weighted by Crippen LogP contribution is -2.09. The van der Waals surface area contributed by atoms with E-state index in [2.05, 4.69) is 35.5 Å². The van der Waals surface area contributed by atoms with Crippen LogP contribution in [0.4, 0.5) is 0 Å². The van der Waals surface area contributed by atoms with Gasteiger partial charge in [0.15, 0.2) is 0 Å². The van der Waals surface area contributed by atoms with Crippen molar-refractivity contribution in [2.75, 3.05) is 7.05 Å². The molecule has 2 rings (SSSR count). The molecule has 0 atom stereocenters. The van der Waals surface area contributed by atoms with Gasteiger partial charge in [-0.1, -0.05) is 17.3 Å². The Morgan fingerprint density at radius 1 is 1.40 bits per heavy atom. The van der Waals surface area contributed by atoms with Gasteiger partial charge in [-0.05, 0) is 32.5 Å². The number of nitrogens with one attached hydrogen (secondary N) is 1. The molecular weight excluding hydrogens is 188 g/mol. The Morgan fingerprint density at radius 3 is 2.87 bits per heavy atom. The largest absolute Gasteiger partial charge is 0.316 e. The standard InChI is InChI=1S/C11H16N4/c1-8(2)15-11-9(7-12-3)5-4-6-10(11)13-14-15/h4-6,8,12H,7H2,1-3H3. The lowest BCUT2D eigenvalue weighted by atomic mass is 10.1. The summed E-state index contributed by atoms with van der Waals surface area (Å²) in [6.07, 6.45) is 0. The van der Waals surface area contributed by atoms with Crippen LogP contribution >= 0.6 is 0 Å². The van der Waals surface area contributed by atoms with Crippen molar-refractivity contribution in [1.82, 2.24) is 20.3 Å². The van der Waals surface area contributed by atoms with Gasteiger partial charge in [0.05, 0.1) is 5.52 Å². The minimum Gasteiger partial charge on any atom is -0.316 e. The van der Waals surface area contributed by atoms with Gasteiger partial charge in [-0.3, -0.25) is 0 Å². The molecule has 0 bridgehead atoms. The number of benzene rings is 1. The first-order chi connectivity index (χ1) is 7.24. The maximum atomic E-state index is 4.18. The van der Waals surface area contributed by atoms with E-state index < -0.39 is 0 Å². The number of para-hydroxylation sites is 1. The molecular formula is C11H16N4. The minimum atomic E-state index is 0.341. The molecule has 0 saturated heterocycles. The maximum absolute atomic E-state index is 4.18. The Balaban J connectivity index is 2.63. The van der Waals surface area contributed by atoms with E-state index in [1.165, 1.54) is 5.56 Å². The first kappa shape index (κ1) is 10.1. The summed E-state index contributed by atoms with van der Waals surface area (Å²) in [7, 11) is 1.95. The van der Waals surface area contributed by atoms with Gasteiger partial charge in [0, 0.05) is 12.6 Å². The number of hydrogen-bond acceptors (Lipinski definition) is 3. The predicted molar refractivity (Wildman–Crippen MR) is 60.7 cm³/mol. The van der Waals surface area contributed by atoms with E-state index in [4.69, 9.17) is 0 Å². The van der Waals surface area contributed by atoms with Crippen LogP contribution in [0.1, 0.15) is 25.5 Å². The molecule has 0 saturated carbocycles. The van der Waals surface area contributed by atoms with Crippen LogP contribution in [0.25, 0.3) is 11.0 Å². The van der Waals surface area contributed by atoms with Crippen molar-refractivity contribution in [2.45, 2.75) is 26.4 Å². The summed E-state index contributed by atoms with van der Waals surface area (Å²) in [6, 6.07) is 6.48. The quantitative estimate of drug-likeness (QED) is 0.828. The maximum Gasteiger partial charge on any atom is 0.113 e. The second-order valence-electron chi connectivity index (χ2n) is 3.94. The Hall–Kier alpha value is -1.42. The van der Waals surface area contributed by atoms with Gasteiger partial charge in [0.25, 0.3) is 0 Å². The molecule has 0 aliphatic rings. The van der Waals surface area contributed by atoms with E-state index >= 15 is 0 Å². The molecule has 0 spiro atoms. The lowest BCUT2D eigenvalue weighted by molar-refractivity contribution is 0.528. The van der Waals surface area contributed by atoms with Gasteiger partial charge >= 0.3 is 0 Å². The smallest absolute Gasteiger partial charge is 0.113 e. The summed E-state index contributed by atoms with van der Waals surface area (Å²) in [5, 5.41) is 11.5. The van der Waals surface area contributed by atoms with Crippen LogP contribution < -0.4 is 5.32 Å². The molecule has 4 heteroatoms. The van der Waals surface area contributed by atoms with Crippen molar-refractivity contribution in [3.05, 3.63) is 23.8 Å². The molecule has 4 nitrogen and oxygen atoms in total. The average Bonchev–Trinajstić information content (AvgIpc) is 2.62. The first-order valence-corrected chi connectivity index (χ1v) is 5.21. The van der Waals surface area contributed by atoms with Gasteiger partial charge in [0.1, 0.15) is 5.52 Å². The number of fused-ring (bicyclic) bond motifs is 1. The molecule has 0 fully saturated rings. The molecule has 15 heavy (non-hydrogen) atoms. The predicted octanol–water partition coefficient (Wildman–Crippen LogP) is 1.73. The third-order valence-corrected chi connectivity index (χ3v) is 2.43. The van der Waals surface area contributed by atoms with Crippen LogP contribution in [0.5, 0.6) is 0 Å². The van der Waals surface area contributed by atoms with E-state index in [1.54, 1.807) is 0 Å². The topological polar surface area (TPSA) is 42.7 Å². The van der Waals surface area contributed by atoms with Crippen LogP contribution in [-0.4, -0.2) is 22.0 Å². The summed E-state index contributed by atoms with van der Waals surface area (Å²) in [4.78, 5) is 0. The molecule has 1 aromatic carbocycles. The summed E-state index contributed by atoms with van der Waals surface area (Å²) < 4.78 is 1.97. The van der Waals surface area contributed by atoms with E-state index in [0.29, 0.717) is 6.04 Å². The SMILES string of the molecule is CNCc1cccc2nnn(C(C)C)c12. The van der Waals surface area contributed by atoms with Crippen LogP contribution in [0.2, 0.25) is 0 Å². The Bertz CT molecular complexity index is 459. The number of aromatic nitrogens is 3. The van der Waals surface area contributed by atoms with Crippen LogP contribution in [0, 0.1) is 0 Å². The zero-order valence-corrected chi connectivity index (χ0v) is 9.36. The van der Waals surface area contributed by atoms with Crippen molar-refractivity contribution >= 4 is 11.0 Å². The van der Waals surface area contributed by atoms with Gasteiger partial charge < -0.3 is 5.32 Å². The summed E-state index contributed by atoms with van der Waals surface area (Å²) >= 11 is 0. The summed E-state index contributed by atoms with van der Waals surface area (Å²) in [5.74, 6) is 0. The Kier molecular flexibility index (Phi) is 2.68. The fourth-order valence-corrected chi connectivity index (χ4v) is 1.76. The normalized spacial score (nSPS) is 11.5. The van der Waals surface area contributed by atoms with Gasteiger partial charge in [-0.25, -0.2) is 4.68 Å². The van der Waals surface area contributed by atoms with Gasteiger partial charge in [-0.2, -0.15) is 0 Å². The highest BCUT2D eigenvalue weighted by molar-refractivity contribution is 5.78. The molecule has 0 radical (unpaired) electrons. The van der Waals surface area contributed by atoms with Crippen molar-refractivity contribution in [2.24, 2.45) is 0 Å². The van der Waals surface area contributed by atoms with Gasteiger partial charge in [0.2, 0.25) is 0 Å². The van der Waals surface area contributed by atoms with E-state index in [9.17, 15) is 0 Å². The second kappa shape index (κ2) is 3.98. The van der Waals surface area contributed by atoms with E-state index in [0.717, 1.165) is 17.6 Å². The number of nitrogens with zero attached hydrogens (tertiary/aromatic N) is 3. The molecule has 1 aromatic heterocycles. The summed E-state index contributed by atoms with van der Waals surface area (Å²) in [5.41, 5.74) is 3.35. The van der Waals surface area contributed by atoms with Crippen molar-refractivity contribution in [3.8, 4) is 0 Å².